The van der Waals surface area contributed by atoms with Gasteiger partial charge in [-0.2, -0.15) is 0 Å². The van der Waals surface area contributed by atoms with E-state index in [1.807, 2.05) is 5.32 Å². The molecule has 0 saturated carbocycles. The first-order valence-corrected chi connectivity index (χ1v) is 9.16. The average Bonchev–Trinajstić information content (AvgIpc) is 2.65. The van der Waals surface area contributed by atoms with Crippen LogP contribution >= 0.6 is 0 Å². The smallest absolute Gasteiger partial charge is 0.326 e. The van der Waals surface area contributed by atoms with Crippen LogP contribution in [0.15, 0.2) is 4.99 Å². The van der Waals surface area contributed by atoms with Gasteiger partial charge in [-0.15, -0.1) is 0 Å². The lowest BCUT2D eigenvalue weighted by atomic mass is 10.1. The number of amides is 3. The number of hydrogen-bond donors (Lipinski definition) is 9. The van der Waals surface area contributed by atoms with Crippen LogP contribution in [0, 0.1) is 0 Å². The Morgan fingerprint density at radius 1 is 1.03 bits per heavy atom. The highest BCUT2D eigenvalue weighted by atomic mass is 16.4. The topological polar surface area (TPSA) is 273 Å². The highest BCUT2D eigenvalue weighted by molar-refractivity contribution is 5.93. The first kappa shape index (κ1) is 27.5. The minimum absolute atomic E-state index is 0.0935. The Balaban J connectivity index is 4.69. The first-order valence-electron chi connectivity index (χ1n) is 9.16. The fourth-order valence-electron chi connectivity index (χ4n) is 2.21. The molecule has 0 radical (unpaired) electrons. The Bertz CT molecular complexity index is 693. The standard InChI is InChI=1S/C16H29N7O8/c1-7(24)12(14(29)22-9(15(30)31)5-11(26)27)23-10(25)6-21-13(28)8(17)3-2-4-20-16(18)19/h7-9,12,24H,2-6,17H2,1H3,(H,21,28)(H,22,29)(H,23,25)(H,26,27)(H,30,31)(H4,18,19,20). The van der Waals surface area contributed by atoms with Crippen LogP contribution in [-0.2, 0) is 24.0 Å². The van der Waals surface area contributed by atoms with Crippen LogP contribution in [0.3, 0.4) is 0 Å². The van der Waals surface area contributed by atoms with Crippen LogP contribution in [0.4, 0.5) is 0 Å². The maximum Gasteiger partial charge on any atom is 0.326 e. The zero-order valence-corrected chi connectivity index (χ0v) is 16.9. The van der Waals surface area contributed by atoms with Crippen molar-refractivity contribution in [2.45, 2.75) is 50.4 Å². The van der Waals surface area contributed by atoms with Crippen molar-refractivity contribution in [1.82, 2.24) is 16.0 Å². The minimum Gasteiger partial charge on any atom is -0.481 e. The lowest BCUT2D eigenvalue weighted by Crippen LogP contribution is -2.57. The molecule has 0 rings (SSSR count). The van der Waals surface area contributed by atoms with E-state index in [0.29, 0.717) is 6.42 Å². The molecule has 0 aromatic rings. The van der Waals surface area contributed by atoms with Gasteiger partial charge in [0, 0.05) is 6.54 Å². The van der Waals surface area contributed by atoms with E-state index in [1.165, 1.54) is 0 Å². The van der Waals surface area contributed by atoms with Crippen molar-refractivity contribution < 1.29 is 39.3 Å². The van der Waals surface area contributed by atoms with Crippen LogP contribution in [0.1, 0.15) is 26.2 Å². The van der Waals surface area contributed by atoms with Gasteiger partial charge in [0.25, 0.3) is 0 Å². The van der Waals surface area contributed by atoms with Gasteiger partial charge < -0.3 is 48.5 Å². The van der Waals surface area contributed by atoms with Crippen LogP contribution in [0.25, 0.3) is 0 Å². The Labute approximate surface area is 177 Å². The van der Waals surface area contributed by atoms with Crippen LogP contribution in [-0.4, -0.2) is 88.3 Å². The predicted molar refractivity (Wildman–Crippen MR) is 106 cm³/mol. The molecular weight excluding hydrogens is 418 g/mol. The third-order valence-electron chi connectivity index (χ3n) is 3.80. The number of carbonyl (C=O) groups excluding carboxylic acids is 3. The van der Waals surface area contributed by atoms with Crippen molar-refractivity contribution in [3.63, 3.8) is 0 Å². The summed E-state index contributed by atoms with van der Waals surface area (Å²) < 4.78 is 0. The number of aliphatic hydroxyl groups excluding tert-OH is 1. The number of carbonyl (C=O) groups is 5. The van der Waals surface area contributed by atoms with E-state index in [2.05, 4.69) is 15.6 Å². The number of carboxylic acids is 2. The summed E-state index contributed by atoms with van der Waals surface area (Å²) in [6.45, 7) is 0.852. The van der Waals surface area contributed by atoms with Gasteiger partial charge in [0.15, 0.2) is 5.96 Å². The molecule has 0 saturated heterocycles. The van der Waals surface area contributed by atoms with E-state index < -0.39 is 66.9 Å². The normalized spacial score (nSPS) is 14.3. The maximum absolute atomic E-state index is 12.2. The lowest BCUT2D eigenvalue weighted by molar-refractivity contribution is -0.147. The van der Waals surface area contributed by atoms with E-state index in [1.54, 1.807) is 0 Å². The zero-order chi connectivity index (χ0) is 24.1. The number of aliphatic carboxylic acids is 2. The number of rotatable bonds is 14. The van der Waals surface area contributed by atoms with Crippen molar-refractivity contribution in [2.24, 2.45) is 22.2 Å². The van der Waals surface area contributed by atoms with E-state index in [4.69, 9.17) is 27.4 Å². The number of nitrogens with one attached hydrogen (secondary N) is 3. The van der Waals surface area contributed by atoms with Gasteiger partial charge in [0.1, 0.15) is 12.1 Å². The SMILES string of the molecule is CC(O)C(NC(=O)CNC(=O)C(N)CCCN=C(N)N)C(=O)NC(CC(=O)O)C(=O)O. The van der Waals surface area contributed by atoms with E-state index in [9.17, 15) is 29.1 Å². The number of guanidine groups is 1. The molecule has 31 heavy (non-hydrogen) atoms. The fraction of sp³-hybridized carbons (Fsp3) is 0.625. The highest BCUT2D eigenvalue weighted by Crippen LogP contribution is 1.99. The summed E-state index contributed by atoms with van der Waals surface area (Å²) in [6, 6.07) is -4.29. The van der Waals surface area contributed by atoms with Crippen molar-refractivity contribution in [1.29, 1.82) is 0 Å². The first-order chi connectivity index (χ1) is 14.3. The number of hydrogen-bond acceptors (Lipinski definition) is 8. The lowest BCUT2D eigenvalue weighted by Gasteiger charge is -2.23. The summed E-state index contributed by atoms with van der Waals surface area (Å²) in [6.07, 6.45) is -1.69. The number of aliphatic imine (C=N–C) groups is 1. The van der Waals surface area contributed by atoms with E-state index >= 15 is 0 Å². The summed E-state index contributed by atoms with van der Waals surface area (Å²) in [5, 5.41) is 33.7. The Morgan fingerprint density at radius 3 is 2.13 bits per heavy atom. The van der Waals surface area contributed by atoms with Gasteiger partial charge >= 0.3 is 11.9 Å². The second kappa shape index (κ2) is 13.7. The molecule has 4 atom stereocenters. The number of nitrogens with zero attached hydrogens (tertiary/aromatic N) is 1. The minimum atomic E-state index is -1.76. The number of nitrogens with two attached hydrogens (primary N) is 3. The molecule has 0 aliphatic carbocycles. The molecule has 0 aromatic heterocycles. The fourth-order valence-corrected chi connectivity index (χ4v) is 2.21. The maximum atomic E-state index is 12.2. The monoisotopic (exact) mass is 447 g/mol. The molecule has 0 bridgehead atoms. The molecule has 3 amide bonds. The van der Waals surface area contributed by atoms with Crippen molar-refractivity contribution in [3.8, 4) is 0 Å². The van der Waals surface area contributed by atoms with Gasteiger partial charge in [0.2, 0.25) is 17.7 Å². The molecule has 0 heterocycles. The Hall–Kier alpha value is -3.46. The van der Waals surface area contributed by atoms with Crippen LogP contribution < -0.4 is 33.2 Å². The third-order valence-corrected chi connectivity index (χ3v) is 3.80. The molecule has 0 fully saturated rings. The summed E-state index contributed by atoms with van der Waals surface area (Å²) in [5.41, 5.74) is 16.0. The summed E-state index contributed by atoms with van der Waals surface area (Å²) in [4.78, 5) is 61.6. The Kier molecular flexibility index (Phi) is 12.2. The highest BCUT2D eigenvalue weighted by Gasteiger charge is 2.30. The van der Waals surface area contributed by atoms with Gasteiger partial charge in [-0.25, -0.2) is 4.79 Å². The molecule has 15 nitrogen and oxygen atoms in total. The predicted octanol–water partition coefficient (Wildman–Crippen LogP) is -4.61. The average molecular weight is 447 g/mol. The molecule has 176 valence electrons. The molecular formula is C16H29N7O8. The van der Waals surface area contributed by atoms with Gasteiger partial charge in [-0.05, 0) is 19.8 Å². The zero-order valence-electron chi connectivity index (χ0n) is 16.9. The van der Waals surface area contributed by atoms with Crippen LogP contribution in [0.5, 0.6) is 0 Å². The molecule has 4 unspecified atom stereocenters. The molecule has 0 aliphatic rings. The summed E-state index contributed by atoms with van der Waals surface area (Å²) in [7, 11) is 0. The van der Waals surface area contributed by atoms with E-state index in [-0.39, 0.29) is 18.9 Å². The quantitative estimate of drug-likeness (QED) is 0.0693. The van der Waals surface area contributed by atoms with Crippen LogP contribution in [0.2, 0.25) is 0 Å². The van der Waals surface area contributed by atoms with Gasteiger partial charge in [-0.1, -0.05) is 0 Å². The molecule has 0 spiro atoms. The largest absolute Gasteiger partial charge is 0.481 e. The number of carboxylic acid groups (broad SMARTS) is 2. The Morgan fingerprint density at radius 2 is 1.65 bits per heavy atom. The molecule has 15 heteroatoms. The second-order valence-corrected chi connectivity index (χ2v) is 6.56. The summed E-state index contributed by atoms with van der Waals surface area (Å²) >= 11 is 0. The molecule has 0 aliphatic heterocycles. The summed E-state index contributed by atoms with van der Waals surface area (Å²) in [5.74, 6) is -5.79. The van der Waals surface area contributed by atoms with Crippen molar-refractivity contribution in [2.75, 3.05) is 13.1 Å². The van der Waals surface area contributed by atoms with E-state index in [0.717, 1.165) is 6.92 Å². The third kappa shape index (κ3) is 12.0. The number of aliphatic hydroxyl groups is 1. The molecule has 0 aromatic carbocycles. The van der Waals surface area contributed by atoms with Gasteiger partial charge in [0.05, 0.1) is 25.1 Å². The van der Waals surface area contributed by atoms with Crippen molar-refractivity contribution >= 4 is 35.6 Å². The van der Waals surface area contributed by atoms with Crippen molar-refractivity contribution in [3.05, 3.63) is 0 Å². The van der Waals surface area contributed by atoms with Gasteiger partial charge in [-0.3, -0.25) is 24.2 Å². The molecule has 12 N–H and O–H groups in total. The second-order valence-electron chi connectivity index (χ2n) is 6.56.